The van der Waals surface area contributed by atoms with Crippen LogP contribution in [0, 0.1) is 5.92 Å². The van der Waals surface area contributed by atoms with Crippen molar-refractivity contribution in [2.75, 3.05) is 6.54 Å². The molecule has 1 aliphatic carbocycles. The van der Waals surface area contributed by atoms with E-state index in [1.54, 1.807) is 0 Å². The lowest BCUT2D eigenvalue weighted by Crippen LogP contribution is -2.46. The molecule has 2 aliphatic rings. The van der Waals surface area contributed by atoms with Gasteiger partial charge in [-0.25, -0.2) is 0 Å². The first-order valence-corrected chi connectivity index (χ1v) is 7.85. The Hall–Kier alpha value is -1.35. The quantitative estimate of drug-likeness (QED) is 0.869. The van der Waals surface area contributed by atoms with Crippen LogP contribution in [-0.2, 0) is 11.2 Å². The number of hydrogen-bond acceptors (Lipinski definition) is 2. The highest BCUT2D eigenvalue weighted by atomic mass is 16.2. The van der Waals surface area contributed by atoms with Crippen molar-refractivity contribution in [2.24, 2.45) is 5.92 Å². The lowest BCUT2D eigenvalue weighted by molar-refractivity contribution is -0.124. The molecule has 0 radical (unpaired) electrons. The molecule has 3 heteroatoms. The van der Waals surface area contributed by atoms with E-state index in [2.05, 4.69) is 35.8 Å². The van der Waals surface area contributed by atoms with Gasteiger partial charge < -0.3 is 10.6 Å². The summed E-state index contributed by atoms with van der Waals surface area (Å²) in [7, 11) is 0. The molecule has 3 rings (SSSR count). The molecular formula is C17H24N2O. The number of carbonyl (C=O) groups excluding carboxylic acids is 1. The fraction of sp³-hybridized carbons (Fsp3) is 0.588. The van der Waals surface area contributed by atoms with Gasteiger partial charge in [-0.1, -0.05) is 44.0 Å². The zero-order valence-electron chi connectivity index (χ0n) is 12.2. The van der Waals surface area contributed by atoms with E-state index in [9.17, 15) is 4.79 Å². The summed E-state index contributed by atoms with van der Waals surface area (Å²) in [5, 5.41) is 6.62. The van der Waals surface area contributed by atoms with Gasteiger partial charge in [0.05, 0.1) is 0 Å². The van der Waals surface area contributed by atoms with Crippen molar-refractivity contribution in [1.29, 1.82) is 0 Å². The topological polar surface area (TPSA) is 41.1 Å². The van der Waals surface area contributed by atoms with Crippen molar-refractivity contribution in [3.63, 3.8) is 0 Å². The van der Waals surface area contributed by atoms with Crippen molar-refractivity contribution in [2.45, 2.75) is 51.1 Å². The molecule has 0 saturated heterocycles. The average Bonchev–Trinajstić information content (AvgIpc) is 2.46. The summed E-state index contributed by atoms with van der Waals surface area (Å²) in [5.41, 5.74) is 2.46. The Morgan fingerprint density at radius 3 is 3.00 bits per heavy atom. The molecule has 20 heavy (non-hydrogen) atoms. The van der Waals surface area contributed by atoms with Gasteiger partial charge in [-0.15, -0.1) is 0 Å². The Kier molecular flexibility index (Phi) is 4.06. The van der Waals surface area contributed by atoms with E-state index in [4.69, 9.17) is 0 Å². The molecule has 1 saturated carbocycles. The molecule has 108 valence electrons. The molecule has 3 unspecified atom stereocenters. The average molecular weight is 272 g/mol. The minimum Gasteiger partial charge on any atom is -0.352 e. The van der Waals surface area contributed by atoms with Gasteiger partial charge in [-0.3, -0.25) is 4.79 Å². The highest BCUT2D eigenvalue weighted by Crippen LogP contribution is 2.26. The molecule has 1 heterocycles. The van der Waals surface area contributed by atoms with Crippen LogP contribution in [0.15, 0.2) is 24.3 Å². The highest BCUT2D eigenvalue weighted by Gasteiger charge is 2.28. The lowest BCUT2D eigenvalue weighted by atomic mass is 9.86. The second kappa shape index (κ2) is 5.96. The Morgan fingerprint density at radius 1 is 1.30 bits per heavy atom. The van der Waals surface area contributed by atoms with E-state index in [-0.39, 0.29) is 11.9 Å². The van der Waals surface area contributed by atoms with Crippen molar-refractivity contribution in [1.82, 2.24) is 10.6 Å². The maximum atomic E-state index is 12.6. The minimum absolute atomic E-state index is 0.149. The van der Waals surface area contributed by atoms with Gasteiger partial charge in [0.15, 0.2) is 0 Å². The first kappa shape index (κ1) is 13.6. The maximum Gasteiger partial charge on any atom is 0.241 e. The standard InChI is InChI=1S/C17H24N2O/c1-12-5-4-7-14(11-12)19-17(20)16-15-8-3-2-6-13(15)9-10-18-16/h2-3,6,8,12,14,16,18H,4-5,7,9-11H2,1H3,(H,19,20). The van der Waals surface area contributed by atoms with Crippen LogP contribution in [-0.4, -0.2) is 18.5 Å². The molecule has 1 aliphatic heterocycles. The van der Waals surface area contributed by atoms with E-state index in [0.29, 0.717) is 6.04 Å². The van der Waals surface area contributed by atoms with Crippen molar-refractivity contribution in [3.8, 4) is 0 Å². The number of fused-ring (bicyclic) bond motifs is 1. The lowest BCUT2D eigenvalue weighted by Gasteiger charge is -2.31. The van der Waals surface area contributed by atoms with Crippen LogP contribution in [0.1, 0.15) is 49.8 Å². The Bertz CT molecular complexity index is 486. The van der Waals surface area contributed by atoms with Crippen molar-refractivity contribution < 1.29 is 4.79 Å². The summed E-state index contributed by atoms with van der Waals surface area (Å²) in [6.07, 6.45) is 5.81. The molecular weight excluding hydrogens is 248 g/mol. The molecule has 0 spiro atoms. The van der Waals surface area contributed by atoms with Crippen LogP contribution < -0.4 is 10.6 Å². The van der Waals surface area contributed by atoms with Gasteiger partial charge in [0.1, 0.15) is 6.04 Å². The number of nitrogens with one attached hydrogen (secondary N) is 2. The fourth-order valence-electron chi connectivity index (χ4n) is 3.59. The van der Waals surface area contributed by atoms with E-state index in [1.807, 2.05) is 6.07 Å². The third kappa shape index (κ3) is 2.88. The van der Waals surface area contributed by atoms with Crippen molar-refractivity contribution in [3.05, 3.63) is 35.4 Å². The number of hydrogen-bond donors (Lipinski definition) is 2. The van der Waals surface area contributed by atoms with Gasteiger partial charge in [0.2, 0.25) is 5.91 Å². The van der Waals surface area contributed by atoms with Crippen LogP contribution in [0.25, 0.3) is 0 Å². The van der Waals surface area contributed by atoms with Gasteiger partial charge in [0, 0.05) is 12.6 Å². The molecule has 3 nitrogen and oxygen atoms in total. The molecule has 2 N–H and O–H groups in total. The van der Waals surface area contributed by atoms with Gasteiger partial charge >= 0.3 is 0 Å². The third-order valence-corrected chi connectivity index (χ3v) is 4.65. The molecule has 1 amide bonds. The van der Waals surface area contributed by atoms with E-state index >= 15 is 0 Å². The number of benzene rings is 1. The van der Waals surface area contributed by atoms with Gasteiger partial charge in [-0.05, 0) is 36.3 Å². The predicted molar refractivity (Wildman–Crippen MR) is 80.5 cm³/mol. The summed E-state index contributed by atoms with van der Waals surface area (Å²) in [6.45, 7) is 3.17. The molecule has 1 aromatic carbocycles. The number of carbonyl (C=O) groups is 1. The fourth-order valence-corrected chi connectivity index (χ4v) is 3.59. The maximum absolute atomic E-state index is 12.6. The number of rotatable bonds is 2. The van der Waals surface area contributed by atoms with E-state index in [0.717, 1.165) is 37.3 Å². The Balaban J connectivity index is 1.69. The van der Waals surface area contributed by atoms with Gasteiger partial charge in [-0.2, -0.15) is 0 Å². The smallest absolute Gasteiger partial charge is 0.241 e. The van der Waals surface area contributed by atoms with E-state index in [1.165, 1.54) is 18.4 Å². The Morgan fingerprint density at radius 2 is 2.15 bits per heavy atom. The molecule has 1 aromatic rings. The van der Waals surface area contributed by atoms with Crippen LogP contribution in [0.5, 0.6) is 0 Å². The molecule has 0 bridgehead atoms. The summed E-state index contributed by atoms with van der Waals surface area (Å²) >= 11 is 0. The summed E-state index contributed by atoms with van der Waals surface area (Å²) in [5.74, 6) is 0.886. The second-order valence-corrected chi connectivity index (χ2v) is 6.31. The van der Waals surface area contributed by atoms with Crippen molar-refractivity contribution >= 4 is 5.91 Å². The summed E-state index contributed by atoms with van der Waals surface area (Å²) in [6, 6.07) is 8.49. The zero-order valence-corrected chi connectivity index (χ0v) is 12.2. The minimum atomic E-state index is -0.169. The molecule has 3 atom stereocenters. The summed E-state index contributed by atoms with van der Waals surface area (Å²) in [4.78, 5) is 12.6. The molecule has 0 aromatic heterocycles. The van der Waals surface area contributed by atoms with Crippen LogP contribution in [0.4, 0.5) is 0 Å². The van der Waals surface area contributed by atoms with Gasteiger partial charge in [0.25, 0.3) is 0 Å². The van der Waals surface area contributed by atoms with E-state index < -0.39 is 0 Å². The monoisotopic (exact) mass is 272 g/mol. The number of amides is 1. The largest absolute Gasteiger partial charge is 0.352 e. The normalized spacial score (nSPS) is 29.6. The first-order chi connectivity index (χ1) is 9.74. The van der Waals surface area contributed by atoms with Crippen LogP contribution in [0.3, 0.4) is 0 Å². The van der Waals surface area contributed by atoms with Crippen LogP contribution in [0.2, 0.25) is 0 Å². The highest BCUT2D eigenvalue weighted by molar-refractivity contribution is 5.84. The Labute approximate surface area is 121 Å². The third-order valence-electron chi connectivity index (χ3n) is 4.65. The first-order valence-electron chi connectivity index (χ1n) is 7.85. The predicted octanol–water partition coefficient (Wildman–Crippen LogP) is 2.57. The van der Waals surface area contributed by atoms with Crippen LogP contribution >= 0.6 is 0 Å². The SMILES string of the molecule is CC1CCCC(NC(=O)C2NCCc3ccccc32)C1. The zero-order chi connectivity index (χ0) is 13.9. The second-order valence-electron chi connectivity index (χ2n) is 6.31. The molecule has 1 fully saturated rings. The summed E-state index contributed by atoms with van der Waals surface area (Å²) < 4.78 is 0.